The second kappa shape index (κ2) is 3.09. The lowest BCUT2D eigenvalue weighted by Gasteiger charge is -2.27. The van der Waals surface area contributed by atoms with E-state index in [-0.39, 0.29) is 11.3 Å². The summed E-state index contributed by atoms with van der Waals surface area (Å²) in [7, 11) is -3.35. The zero-order valence-corrected chi connectivity index (χ0v) is 9.78. The standard InChI is InChI=1S/C9H14ClNO3S/c10-4-15(13,14)11-3-6-1-5-2-7(6)8(11)9(5)12/h5-9,12H,1-4H2. The van der Waals surface area contributed by atoms with E-state index >= 15 is 0 Å². The van der Waals surface area contributed by atoms with Crippen molar-refractivity contribution >= 4 is 21.6 Å². The minimum atomic E-state index is -3.35. The number of rotatable bonds is 2. The zero-order valence-electron chi connectivity index (χ0n) is 8.21. The van der Waals surface area contributed by atoms with Crippen LogP contribution in [-0.2, 0) is 10.0 Å². The minimum Gasteiger partial charge on any atom is -0.391 e. The highest BCUT2D eigenvalue weighted by molar-refractivity contribution is 7.90. The molecule has 1 saturated heterocycles. The third-order valence-electron chi connectivity index (χ3n) is 4.30. The Labute approximate surface area is 94.3 Å². The Bertz CT molecular complexity index is 383. The first-order chi connectivity index (χ1) is 7.04. The molecule has 5 atom stereocenters. The van der Waals surface area contributed by atoms with Gasteiger partial charge in [-0.05, 0) is 30.6 Å². The maximum Gasteiger partial charge on any atom is 0.228 e. The van der Waals surface area contributed by atoms with Gasteiger partial charge in [-0.1, -0.05) is 0 Å². The lowest BCUT2D eigenvalue weighted by molar-refractivity contribution is 0.0732. The maximum atomic E-state index is 11.7. The van der Waals surface area contributed by atoms with E-state index in [0.29, 0.717) is 24.3 Å². The lowest BCUT2D eigenvalue weighted by atomic mass is 9.88. The summed E-state index contributed by atoms with van der Waals surface area (Å²) in [6, 6.07) is -0.183. The van der Waals surface area contributed by atoms with Gasteiger partial charge in [0.25, 0.3) is 0 Å². The molecule has 0 spiro atoms. The molecule has 86 valence electrons. The summed E-state index contributed by atoms with van der Waals surface area (Å²) in [5, 5.41) is 9.61. The number of fused-ring (bicyclic) bond motifs is 1. The zero-order chi connectivity index (χ0) is 10.8. The van der Waals surface area contributed by atoms with Crippen LogP contribution < -0.4 is 0 Å². The van der Waals surface area contributed by atoms with Crippen LogP contribution in [0.3, 0.4) is 0 Å². The first kappa shape index (κ1) is 10.3. The van der Waals surface area contributed by atoms with Crippen LogP contribution in [0.15, 0.2) is 0 Å². The fourth-order valence-electron chi connectivity index (χ4n) is 3.74. The SMILES string of the molecule is O=S(=O)(CCl)N1CC2CC3CC2C1C3O. The van der Waals surface area contributed by atoms with Crippen molar-refractivity contribution in [3.8, 4) is 0 Å². The van der Waals surface area contributed by atoms with Gasteiger partial charge in [-0.25, -0.2) is 8.42 Å². The monoisotopic (exact) mass is 251 g/mol. The largest absolute Gasteiger partial charge is 0.391 e. The van der Waals surface area contributed by atoms with Crippen molar-refractivity contribution in [3.63, 3.8) is 0 Å². The van der Waals surface area contributed by atoms with E-state index in [1.165, 1.54) is 4.31 Å². The molecule has 1 aliphatic heterocycles. The third kappa shape index (κ3) is 1.24. The van der Waals surface area contributed by atoms with Crippen LogP contribution >= 0.6 is 11.6 Å². The Hall–Kier alpha value is 0.160. The molecule has 0 aromatic rings. The fourth-order valence-corrected chi connectivity index (χ4v) is 5.31. The molecule has 3 aliphatic rings. The van der Waals surface area contributed by atoms with Gasteiger partial charge in [0.1, 0.15) is 5.21 Å². The average molecular weight is 252 g/mol. The highest BCUT2D eigenvalue weighted by Crippen LogP contribution is 2.55. The lowest BCUT2D eigenvalue weighted by Crippen LogP contribution is -2.44. The molecule has 3 rings (SSSR count). The van der Waals surface area contributed by atoms with E-state index in [2.05, 4.69) is 0 Å². The first-order valence-electron chi connectivity index (χ1n) is 5.28. The molecule has 1 heterocycles. The Kier molecular flexibility index (Phi) is 2.13. The van der Waals surface area contributed by atoms with Gasteiger partial charge < -0.3 is 5.11 Å². The van der Waals surface area contributed by atoms with Crippen molar-refractivity contribution < 1.29 is 13.5 Å². The minimum absolute atomic E-state index is 0.183. The topological polar surface area (TPSA) is 57.6 Å². The number of hydrogen-bond donors (Lipinski definition) is 1. The predicted octanol–water partition coefficient (Wildman–Crippen LogP) is 0.214. The number of sulfonamides is 1. The van der Waals surface area contributed by atoms with E-state index in [0.717, 1.165) is 12.8 Å². The highest BCUT2D eigenvalue weighted by Gasteiger charge is 2.61. The summed E-state index contributed by atoms with van der Waals surface area (Å²) < 4.78 is 24.9. The van der Waals surface area contributed by atoms with Gasteiger partial charge in [0, 0.05) is 6.54 Å². The number of hydrogen-bond acceptors (Lipinski definition) is 3. The Morgan fingerprint density at radius 3 is 2.67 bits per heavy atom. The molecule has 2 bridgehead atoms. The molecule has 0 aromatic heterocycles. The third-order valence-corrected chi connectivity index (χ3v) is 6.51. The summed E-state index contributed by atoms with van der Waals surface area (Å²) in [5.41, 5.74) is 0. The van der Waals surface area contributed by atoms with E-state index in [9.17, 15) is 13.5 Å². The van der Waals surface area contributed by atoms with Crippen LogP contribution in [0.2, 0.25) is 0 Å². The van der Waals surface area contributed by atoms with Gasteiger partial charge >= 0.3 is 0 Å². The molecule has 2 aliphatic carbocycles. The highest BCUT2D eigenvalue weighted by atomic mass is 35.5. The molecule has 3 fully saturated rings. The molecular weight excluding hydrogens is 238 g/mol. The van der Waals surface area contributed by atoms with Gasteiger partial charge in [0.2, 0.25) is 10.0 Å². The molecule has 0 radical (unpaired) electrons. The predicted molar refractivity (Wildman–Crippen MR) is 55.8 cm³/mol. The molecule has 4 nitrogen and oxygen atoms in total. The summed E-state index contributed by atoms with van der Waals surface area (Å²) in [6.45, 7) is 0.567. The van der Waals surface area contributed by atoms with Crippen LogP contribution in [0, 0.1) is 17.8 Å². The molecule has 6 heteroatoms. The quantitative estimate of drug-likeness (QED) is 0.714. The van der Waals surface area contributed by atoms with Crippen molar-refractivity contribution in [2.24, 2.45) is 17.8 Å². The van der Waals surface area contributed by atoms with Gasteiger partial charge in [0.15, 0.2) is 0 Å². The molecule has 1 N–H and O–H groups in total. The molecular formula is C9H14ClNO3S. The number of alkyl halides is 1. The molecule has 15 heavy (non-hydrogen) atoms. The second-order valence-electron chi connectivity index (χ2n) is 4.93. The smallest absolute Gasteiger partial charge is 0.228 e. The van der Waals surface area contributed by atoms with Crippen LogP contribution in [0.1, 0.15) is 12.8 Å². The van der Waals surface area contributed by atoms with Gasteiger partial charge in [0.05, 0.1) is 12.1 Å². The molecule has 0 aromatic carbocycles. The molecule has 0 amide bonds. The van der Waals surface area contributed by atoms with Crippen molar-refractivity contribution in [1.82, 2.24) is 4.31 Å². The van der Waals surface area contributed by atoms with Crippen molar-refractivity contribution in [2.75, 3.05) is 11.8 Å². The van der Waals surface area contributed by atoms with Crippen LogP contribution in [0.4, 0.5) is 0 Å². The normalized spacial score (nSPS) is 49.1. The van der Waals surface area contributed by atoms with E-state index < -0.39 is 16.1 Å². The van der Waals surface area contributed by atoms with Gasteiger partial charge in [-0.15, -0.1) is 11.6 Å². The van der Waals surface area contributed by atoms with Gasteiger partial charge in [-0.3, -0.25) is 0 Å². The summed E-state index contributed by atoms with van der Waals surface area (Å²) >= 11 is 5.46. The first-order valence-corrected chi connectivity index (χ1v) is 7.42. The second-order valence-corrected chi connectivity index (χ2v) is 7.43. The van der Waals surface area contributed by atoms with E-state index in [4.69, 9.17) is 11.6 Å². The Balaban J connectivity index is 1.96. The van der Waals surface area contributed by atoms with E-state index in [1.807, 2.05) is 0 Å². The van der Waals surface area contributed by atoms with E-state index in [1.54, 1.807) is 0 Å². The van der Waals surface area contributed by atoms with Gasteiger partial charge in [-0.2, -0.15) is 4.31 Å². The van der Waals surface area contributed by atoms with Crippen molar-refractivity contribution in [2.45, 2.75) is 25.0 Å². The Morgan fingerprint density at radius 2 is 2.07 bits per heavy atom. The number of halogens is 1. The molecule has 5 unspecified atom stereocenters. The van der Waals surface area contributed by atoms with Crippen LogP contribution in [-0.4, -0.2) is 41.7 Å². The van der Waals surface area contributed by atoms with Crippen molar-refractivity contribution in [1.29, 1.82) is 0 Å². The average Bonchev–Trinajstić information content (AvgIpc) is 2.76. The van der Waals surface area contributed by atoms with Crippen molar-refractivity contribution in [3.05, 3.63) is 0 Å². The Morgan fingerprint density at radius 1 is 1.33 bits per heavy atom. The number of nitrogens with zero attached hydrogens (tertiary/aromatic N) is 1. The van der Waals surface area contributed by atoms with Crippen LogP contribution in [0.25, 0.3) is 0 Å². The summed E-state index contributed by atoms with van der Waals surface area (Å²) in [6.07, 6.45) is 1.51. The number of aliphatic hydroxyl groups excluding tert-OH is 1. The molecule has 2 saturated carbocycles. The number of aliphatic hydroxyl groups is 1. The summed E-state index contributed by atoms with van der Waals surface area (Å²) in [4.78, 5) is 0. The fraction of sp³-hybridized carbons (Fsp3) is 1.00. The maximum absolute atomic E-state index is 11.7. The van der Waals surface area contributed by atoms with Crippen LogP contribution in [0.5, 0.6) is 0 Å². The summed E-state index contributed by atoms with van der Waals surface area (Å²) in [5.74, 6) is 1.16.